The molecule has 2 aromatic carbocycles. The van der Waals surface area contributed by atoms with Gasteiger partial charge in [0, 0.05) is 19.6 Å². The van der Waals surface area contributed by atoms with E-state index >= 15 is 0 Å². The number of amides is 1. The maximum Gasteiger partial charge on any atom is 0.239 e. The molecule has 0 spiro atoms. The lowest BCUT2D eigenvalue weighted by molar-refractivity contribution is -0.135. The minimum absolute atomic E-state index is 0.159. The van der Waals surface area contributed by atoms with E-state index in [4.69, 9.17) is 4.74 Å². The van der Waals surface area contributed by atoms with Crippen LogP contribution in [-0.2, 0) is 11.3 Å². The second-order valence-electron chi connectivity index (χ2n) is 8.46. The largest absolute Gasteiger partial charge is 0.497 e. The topological polar surface area (TPSA) is 41.6 Å². The zero-order chi connectivity index (χ0) is 20.8. The van der Waals surface area contributed by atoms with Gasteiger partial charge in [0.15, 0.2) is 0 Å². The normalized spacial score (nSPS) is 16.1. The van der Waals surface area contributed by atoms with E-state index in [1.807, 2.05) is 24.3 Å². The van der Waals surface area contributed by atoms with Crippen LogP contribution in [0.4, 0.5) is 0 Å². The molecule has 1 N–H and O–H groups in total. The van der Waals surface area contributed by atoms with Gasteiger partial charge >= 0.3 is 0 Å². The molecule has 1 aliphatic rings. The maximum atomic E-state index is 13.2. The number of carbonyl (C=O) groups excluding carboxylic acids is 1. The third kappa shape index (κ3) is 5.60. The molecule has 0 aromatic heterocycles. The van der Waals surface area contributed by atoms with Crippen molar-refractivity contribution in [1.82, 2.24) is 10.2 Å². The Morgan fingerprint density at radius 2 is 1.69 bits per heavy atom. The van der Waals surface area contributed by atoms with Gasteiger partial charge < -0.3 is 15.0 Å². The first-order valence-corrected chi connectivity index (χ1v) is 10.7. The molecule has 2 aromatic rings. The number of aryl methyl sites for hydroxylation is 1. The third-order valence-electron chi connectivity index (χ3n) is 5.97. The number of rotatable bonds is 7. The monoisotopic (exact) mass is 394 g/mol. The van der Waals surface area contributed by atoms with Crippen LogP contribution in [0.5, 0.6) is 5.75 Å². The predicted octanol–water partition coefficient (Wildman–Crippen LogP) is 4.52. The zero-order valence-electron chi connectivity index (χ0n) is 18.2. The van der Waals surface area contributed by atoms with Crippen LogP contribution in [0.3, 0.4) is 0 Å². The summed E-state index contributed by atoms with van der Waals surface area (Å²) in [6.45, 7) is 8.70. The molecule has 1 aliphatic heterocycles. The van der Waals surface area contributed by atoms with Gasteiger partial charge in [-0.05, 0) is 54.9 Å². The van der Waals surface area contributed by atoms with Crippen LogP contribution in [0.25, 0.3) is 0 Å². The lowest BCUT2D eigenvalue weighted by Gasteiger charge is -2.35. The number of benzene rings is 2. The summed E-state index contributed by atoms with van der Waals surface area (Å²) in [6, 6.07) is 16.7. The molecular formula is C25H34N2O2. The smallest absolute Gasteiger partial charge is 0.239 e. The van der Waals surface area contributed by atoms with Gasteiger partial charge in [-0.25, -0.2) is 0 Å². The first kappa shape index (κ1) is 21.4. The number of ether oxygens (including phenoxy) is 1. The van der Waals surface area contributed by atoms with E-state index in [-0.39, 0.29) is 17.9 Å². The van der Waals surface area contributed by atoms with Gasteiger partial charge in [0.25, 0.3) is 0 Å². The van der Waals surface area contributed by atoms with Crippen molar-refractivity contribution in [1.29, 1.82) is 0 Å². The van der Waals surface area contributed by atoms with Gasteiger partial charge in [-0.1, -0.05) is 55.8 Å². The molecule has 0 saturated carbocycles. The van der Waals surface area contributed by atoms with Crippen molar-refractivity contribution in [3.63, 3.8) is 0 Å². The molecule has 1 amide bonds. The van der Waals surface area contributed by atoms with Crippen LogP contribution in [0.1, 0.15) is 49.3 Å². The Morgan fingerprint density at radius 3 is 2.24 bits per heavy atom. The van der Waals surface area contributed by atoms with E-state index in [1.165, 1.54) is 11.1 Å². The van der Waals surface area contributed by atoms with Crippen molar-refractivity contribution in [3.05, 3.63) is 65.2 Å². The molecule has 3 rings (SSSR count). The fourth-order valence-corrected chi connectivity index (χ4v) is 4.05. The van der Waals surface area contributed by atoms with Gasteiger partial charge in [-0.15, -0.1) is 0 Å². The molecular weight excluding hydrogens is 360 g/mol. The Bertz CT molecular complexity index is 775. The average Bonchev–Trinajstić information content (AvgIpc) is 2.74. The molecule has 1 atom stereocenters. The van der Waals surface area contributed by atoms with Crippen molar-refractivity contribution in [2.75, 3.05) is 20.2 Å². The Morgan fingerprint density at radius 1 is 1.07 bits per heavy atom. The fraction of sp³-hybridized carbons (Fsp3) is 0.480. The summed E-state index contributed by atoms with van der Waals surface area (Å²) < 4.78 is 5.22. The van der Waals surface area contributed by atoms with Crippen molar-refractivity contribution in [2.24, 2.45) is 5.92 Å². The van der Waals surface area contributed by atoms with Gasteiger partial charge in [-0.3, -0.25) is 4.79 Å². The lowest BCUT2D eigenvalue weighted by atomic mass is 9.88. The van der Waals surface area contributed by atoms with E-state index in [9.17, 15) is 4.79 Å². The van der Waals surface area contributed by atoms with Crippen molar-refractivity contribution >= 4 is 5.91 Å². The minimum Gasteiger partial charge on any atom is -0.497 e. The molecule has 1 fully saturated rings. The average molecular weight is 395 g/mol. The Balaban J connectivity index is 1.55. The highest BCUT2D eigenvalue weighted by molar-refractivity contribution is 5.82. The van der Waals surface area contributed by atoms with Crippen LogP contribution < -0.4 is 10.1 Å². The van der Waals surface area contributed by atoms with Crippen LogP contribution in [0, 0.1) is 12.8 Å². The number of carbonyl (C=O) groups is 1. The quantitative estimate of drug-likeness (QED) is 0.750. The number of nitrogens with zero attached hydrogens (tertiary/aromatic N) is 1. The number of nitrogens with one attached hydrogen (secondary N) is 1. The highest BCUT2D eigenvalue weighted by Crippen LogP contribution is 2.28. The number of methoxy groups -OCH3 is 1. The molecule has 4 heteroatoms. The summed E-state index contributed by atoms with van der Waals surface area (Å²) in [7, 11) is 1.67. The van der Waals surface area contributed by atoms with E-state index in [1.54, 1.807) is 7.11 Å². The first-order chi connectivity index (χ1) is 14.0. The van der Waals surface area contributed by atoms with Crippen molar-refractivity contribution in [2.45, 2.75) is 52.1 Å². The molecule has 4 nitrogen and oxygen atoms in total. The molecule has 0 bridgehead atoms. The summed E-state index contributed by atoms with van der Waals surface area (Å²) in [5.74, 6) is 1.89. The summed E-state index contributed by atoms with van der Waals surface area (Å²) in [5, 5.41) is 3.49. The molecule has 156 valence electrons. The van der Waals surface area contributed by atoms with Crippen molar-refractivity contribution in [3.8, 4) is 5.75 Å². The lowest BCUT2D eigenvalue weighted by Crippen LogP contribution is -2.51. The SMILES string of the molecule is COc1ccc(CNC(C(=O)N2CCC(c3ccc(C)cc3)CC2)C(C)C)cc1. The number of piperidine rings is 1. The Labute approximate surface area is 175 Å². The summed E-state index contributed by atoms with van der Waals surface area (Å²) in [6.07, 6.45) is 2.08. The minimum atomic E-state index is -0.159. The number of hydrogen-bond donors (Lipinski definition) is 1. The maximum absolute atomic E-state index is 13.2. The molecule has 1 unspecified atom stereocenters. The molecule has 0 aliphatic carbocycles. The van der Waals surface area contributed by atoms with E-state index < -0.39 is 0 Å². The van der Waals surface area contributed by atoms with Crippen LogP contribution in [-0.4, -0.2) is 37.0 Å². The van der Waals surface area contributed by atoms with Gasteiger partial charge in [-0.2, -0.15) is 0 Å². The highest BCUT2D eigenvalue weighted by Gasteiger charge is 2.30. The van der Waals surface area contributed by atoms with Crippen LogP contribution in [0.2, 0.25) is 0 Å². The fourth-order valence-electron chi connectivity index (χ4n) is 4.05. The second-order valence-corrected chi connectivity index (χ2v) is 8.46. The Hall–Kier alpha value is -2.33. The zero-order valence-corrected chi connectivity index (χ0v) is 18.2. The van der Waals surface area contributed by atoms with Gasteiger partial charge in [0.2, 0.25) is 5.91 Å². The van der Waals surface area contributed by atoms with Crippen LogP contribution in [0.15, 0.2) is 48.5 Å². The summed E-state index contributed by atoms with van der Waals surface area (Å²) in [4.78, 5) is 15.2. The van der Waals surface area contributed by atoms with E-state index in [2.05, 4.69) is 55.3 Å². The summed E-state index contributed by atoms with van der Waals surface area (Å²) >= 11 is 0. The first-order valence-electron chi connectivity index (χ1n) is 10.7. The van der Waals surface area contributed by atoms with Gasteiger partial charge in [0.05, 0.1) is 13.2 Å². The Kier molecular flexibility index (Phi) is 7.32. The molecule has 29 heavy (non-hydrogen) atoms. The van der Waals surface area contributed by atoms with Gasteiger partial charge in [0.1, 0.15) is 5.75 Å². The van der Waals surface area contributed by atoms with Crippen molar-refractivity contribution < 1.29 is 9.53 Å². The van der Waals surface area contributed by atoms with Crippen LogP contribution >= 0.6 is 0 Å². The summed E-state index contributed by atoms with van der Waals surface area (Å²) in [5.41, 5.74) is 3.85. The second kappa shape index (κ2) is 9.93. The molecule has 0 radical (unpaired) electrons. The number of hydrogen-bond acceptors (Lipinski definition) is 3. The standard InChI is InChI=1S/C25H34N2O2/c1-18(2)24(26-17-20-7-11-23(29-4)12-8-20)25(28)27-15-13-22(14-16-27)21-9-5-19(3)6-10-21/h5-12,18,22,24,26H,13-17H2,1-4H3. The molecule has 1 heterocycles. The van der Waals surface area contributed by atoms with E-state index in [0.717, 1.165) is 37.2 Å². The third-order valence-corrected chi connectivity index (χ3v) is 5.97. The highest BCUT2D eigenvalue weighted by atomic mass is 16.5. The molecule has 1 saturated heterocycles. The predicted molar refractivity (Wildman–Crippen MR) is 118 cm³/mol. The number of likely N-dealkylation sites (tertiary alicyclic amines) is 1. The van der Waals surface area contributed by atoms with E-state index in [0.29, 0.717) is 12.5 Å².